The normalized spacial score (nSPS) is 15.5. The predicted octanol–water partition coefficient (Wildman–Crippen LogP) is 3.66. The first-order valence-corrected chi connectivity index (χ1v) is 11.1. The molecule has 0 atom stereocenters. The standard InChI is InChI=1S/C23H21ClN4OS/c24-18-8-6-17(7-9-18)21-16-30-23(26-21)20(14-25)22(29)15-27-10-12-28(13-11-27)19-4-2-1-3-5-19/h1-9,16,29H,10-13,15H2/p+1/b22-20-. The van der Waals surface area contributed by atoms with Gasteiger partial charge in [-0.15, -0.1) is 11.3 Å². The van der Waals surface area contributed by atoms with Crippen molar-refractivity contribution < 1.29 is 10.0 Å². The minimum Gasteiger partial charge on any atom is -0.506 e. The number of nitrogens with zero attached hydrogens (tertiary/aromatic N) is 3. The molecule has 0 unspecified atom stereocenters. The minimum atomic E-state index is 0.109. The molecule has 1 aliphatic heterocycles. The molecule has 152 valence electrons. The van der Waals surface area contributed by atoms with Gasteiger partial charge in [0.2, 0.25) is 0 Å². The molecule has 0 amide bonds. The molecule has 2 heterocycles. The van der Waals surface area contributed by atoms with Crippen molar-refractivity contribution in [1.29, 1.82) is 5.26 Å². The number of aliphatic hydroxyl groups is 1. The quantitative estimate of drug-likeness (QED) is 0.472. The molecule has 7 heteroatoms. The molecular weight excluding hydrogens is 416 g/mol. The SMILES string of the molecule is N#C/C(=C(/O)C[NH+]1CCN(c2ccccc2)CC1)c1nc(-c2ccc(Cl)cc2)cs1. The number of anilines is 1. The Labute approximate surface area is 185 Å². The lowest BCUT2D eigenvalue weighted by atomic mass is 10.2. The van der Waals surface area contributed by atoms with Crippen LogP contribution in [0.3, 0.4) is 0 Å². The highest BCUT2D eigenvalue weighted by molar-refractivity contribution is 7.11. The van der Waals surface area contributed by atoms with Crippen LogP contribution in [0.1, 0.15) is 5.01 Å². The van der Waals surface area contributed by atoms with Gasteiger partial charge in [0.25, 0.3) is 0 Å². The third-order valence-electron chi connectivity index (χ3n) is 5.27. The number of hydrogen-bond donors (Lipinski definition) is 2. The van der Waals surface area contributed by atoms with Gasteiger partial charge in [-0.25, -0.2) is 4.98 Å². The molecule has 0 saturated carbocycles. The van der Waals surface area contributed by atoms with Crippen LogP contribution in [0.2, 0.25) is 5.02 Å². The second-order valence-corrected chi connectivity index (χ2v) is 8.52. The van der Waals surface area contributed by atoms with E-state index in [0.717, 1.165) is 37.4 Å². The van der Waals surface area contributed by atoms with Crippen LogP contribution in [0.15, 0.2) is 65.7 Å². The molecular formula is C23H22ClN4OS+. The average molecular weight is 438 g/mol. The number of halogens is 1. The fourth-order valence-electron chi connectivity index (χ4n) is 3.60. The van der Waals surface area contributed by atoms with Crippen molar-refractivity contribution in [1.82, 2.24) is 4.98 Å². The van der Waals surface area contributed by atoms with E-state index in [-0.39, 0.29) is 11.3 Å². The second-order valence-electron chi connectivity index (χ2n) is 7.23. The van der Waals surface area contributed by atoms with Gasteiger partial charge in [-0.05, 0) is 24.3 Å². The van der Waals surface area contributed by atoms with E-state index in [1.165, 1.54) is 21.9 Å². The first-order chi connectivity index (χ1) is 14.6. The summed E-state index contributed by atoms with van der Waals surface area (Å²) in [4.78, 5) is 8.19. The molecule has 1 aromatic heterocycles. The maximum Gasteiger partial charge on any atom is 0.168 e. The molecule has 0 radical (unpaired) electrons. The molecule has 0 spiro atoms. The summed E-state index contributed by atoms with van der Waals surface area (Å²) in [6.07, 6.45) is 0. The van der Waals surface area contributed by atoms with Gasteiger partial charge in [0, 0.05) is 21.7 Å². The number of aliphatic hydroxyl groups excluding tert-OH is 1. The Balaban J connectivity index is 1.43. The fraction of sp³-hybridized carbons (Fsp3) is 0.217. The van der Waals surface area contributed by atoms with Crippen molar-refractivity contribution in [2.75, 3.05) is 37.6 Å². The summed E-state index contributed by atoms with van der Waals surface area (Å²) in [7, 11) is 0. The number of para-hydroxylation sites is 1. The van der Waals surface area contributed by atoms with E-state index >= 15 is 0 Å². The van der Waals surface area contributed by atoms with Gasteiger partial charge < -0.3 is 14.9 Å². The molecule has 5 nitrogen and oxygen atoms in total. The number of nitriles is 1. The van der Waals surface area contributed by atoms with Crippen LogP contribution >= 0.6 is 22.9 Å². The average Bonchev–Trinajstić information content (AvgIpc) is 3.26. The molecule has 2 aromatic carbocycles. The van der Waals surface area contributed by atoms with Gasteiger partial charge in [0.15, 0.2) is 5.76 Å². The summed E-state index contributed by atoms with van der Waals surface area (Å²) >= 11 is 7.32. The van der Waals surface area contributed by atoms with Gasteiger partial charge in [-0.1, -0.05) is 41.9 Å². The number of rotatable bonds is 5. The molecule has 3 aromatic rings. The maximum absolute atomic E-state index is 10.7. The van der Waals surface area contributed by atoms with E-state index in [0.29, 0.717) is 16.6 Å². The van der Waals surface area contributed by atoms with Crippen molar-refractivity contribution in [3.8, 4) is 17.3 Å². The van der Waals surface area contributed by atoms with Crippen LogP contribution in [0.4, 0.5) is 5.69 Å². The van der Waals surface area contributed by atoms with E-state index in [1.54, 1.807) is 0 Å². The lowest BCUT2D eigenvalue weighted by Crippen LogP contribution is -3.15. The van der Waals surface area contributed by atoms with Gasteiger partial charge in [0.1, 0.15) is 23.2 Å². The topological polar surface area (TPSA) is 64.6 Å². The van der Waals surface area contributed by atoms with E-state index < -0.39 is 0 Å². The number of benzene rings is 2. The number of allylic oxidation sites excluding steroid dienone is 1. The van der Waals surface area contributed by atoms with E-state index in [1.807, 2.05) is 35.7 Å². The largest absolute Gasteiger partial charge is 0.506 e. The van der Waals surface area contributed by atoms with Crippen LogP contribution in [-0.4, -0.2) is 42.8 Å². The lowest BCUT2D eigenvalue weighted by molar-refractivity contribution is -0.897. The Bertz CT molecular complexity index is 1060. The van der Waals surface area contributed by atoms with Gasteiger partial charge in [0.05, 0.1) is 31.9 Å². The van der Waals surface area contributed by atoms with Crippen molar-refractivity contribution >= 4 is 34.2 Å². The van der Waals surface area contributed by atoms with Crippen molar-refractivity contribution in [3.05, 3.63) is 75.8 Å². The molecule has 1 fully saturated rings. The van der Waals surface area contributed by atoms with Crippen LogP contribution in [0, 0.1) is 11.3 Å². The van der Waals surface area contributed by atoms with E-state index in [9.17, 15) is 10.4 Å². The lowest BCUT2D eigenvalue weighted by Gasteiger charge is -2.33. The van der Waals surface area contributed by atoms with Crippen LogP contribution in [-0.2, 0) is 0 Å². The van der Waals surface area contributed by atoms with Crippen molar-refractivity contribution in [3.63, 3.8) is 0 Å². The Kier molecular flexibility index (Phi) is 6.34. The molecule has 0 aliphatic carbocycles. The Morgan fingerprint density at radius 1 is 1.13 bits per heavy atom. The Morgan fingerprint density at radius 2 is 1.83 bits per heavy atom. The first kappa shape index (κ1) is 20.4. The highest BCUT2D eigenvalue weighted by Gasteiger charge is 2.23. The van der Waals surface area contributed by atoms with E-state index in [4.69, 9.17) is 11.6 Å². The third-order valence-corrected chi connectivity index (χ3v) is 6.38. The zero-order valence-electron chi connectivity index (χ0n) is 16.4. The monoisotopic (exact) mass is 437 g/mol. The van der Waals surface area contributed by atoms with Crippen molar-refractivity contribution in [2.45, 2.75) is 0 Å². The predicted molar refractivity (Wildman–Crippen MR) is 122 cm³/mol. The number of quaternary nitrogens is 1. The Hall–Kier alpha value is -2.85. The minimum absolute atomic E-state index is 0.109. The molecule has 30 heavy (non-hydrogen) atoms. The summed E-state index contributed by atoms with van der Waals surface area (Å²) in [5, 5.41) is 23.4. The van der Waals surface area contributed by atoms with Gasteiger partial charge >= 0.3 is 0 Å². The number of nitrogens with one attached hydrogen (secondary N) is 1. The summed E-state index contributed by atoms with van der Waals surface area (Å²) in [6, 6.07) is 19.9. The van der Waals surface area contributed by atoms with Crippen LogP contribution in [0.25, 0.3) is 16.8 Å². The van der Waals surface area contributed by atoms with E-state index in [2.05, 4.69) is 40.2 Å². The number of thiazole rings is 1. The number of aromatic nitrogens is 1. The van der Waals surface area contributed by atoms with Gasteiger partial charge in [-0.3, -0.25) is 0 Å². The fourth-order valence-corrected chi connectivity index (χ4v) is 4.57. The molecule has 2 N–H and O–H groups in total. The number of piperazine rings is 1. The number of hydrogen-bond acceptors (Lipinski definition) is 5. The Morgan fingerprint density at radius 3 is 2.50 bits per heavy atom. The molecule has 4 rings (SSSR count). The summed E-state index contributed by atoms with van der Waals surface area (Å²) < 4.78 is 0. The highest BCUT2D eigenvalue weighted by atomic mass is 35.5. The summed E-state index contributed by atoms with van der Waals surface area (Å²) in [5.74, 6) is 0.109. The second kappa shape index (κ2) is 9.31. The molecule has 1 aliphatic rings. The first-order valence-electron chi connectivity index (χ1n) is 9.81. The zero-order valence-corrected chi connectivity index (χ0v) is 18.0. The van der Waals surface area contributed by atoms with Crippen molar-refractivity contribution in [2.24, 2.45) is 0 Å². The molecule has 0 bridgehead atoms. The maximum atomic E-state index is 10.7. The molecule has 1 saturated heterocycles. The summed E-state index contributed by atoms with van der Waals surface area (Å²) in [5.41, 5.74) is 3.20. The van der Waals surface area contributed by atoms with Gasteiger partial charge in [-0.2, -0.15) is 5.26 Å². The highest BCUT2D eigenvalue weighted by Crippen LogP contribution is 2.27. The summed E-state index contributed by atoms with van der Waals surface area (Å²) in [6.45, 7) is 4.09. The van der Waals surface area contributed by atoms with Crippen LogP contribution < -0.4 is 9.80 Å². The smallest absolute Gasteiger partial charge is 0.168 e. The third kappa shape index (κ3) is 4.65. The zero-order chi connectivity index (χ0) is 20.9. The van der Waals surface area contributed by atoms with Crippen LogP contribution in [0.5, 0.6) is 0 Å².